The zero-order valence-corrected chi connectivity index (χ0v) is 12.0. The summed E-state index contributed by atoms with van der Waals surface area (Å²) in [4.78, 5) is 11.5. The van der Waals surface area contributed by atoms with Crippen molar-refractivity contribution in [1.29, 1.82) is 0 Å². The van der Waals surface area contributed by atoms with Gasteiger partial charge in [-0.25, -0.2) is 4.79 Å². The summed E-state index contributed by atoms with van der Waals surface area (Å²) < 4.78 is 22.0. The summed E-state index contributed by atoms with van der Waals surface area (Å²) in [6.07, 6.45) is 0. The average molecular weight is 266 g/mol. The van der Waals surface area contributed by atoms with Crippen molar-refractivity contribution in [3.63, 3.8) is 0 Å². The van der Waals surface area contributed by atoms with Crippen molar-refractivity contribution >= 4 is 18.7 Å². The highest BCUT2D eigenvalue weighted by atomic mass is 16.7. The van der Waals surface area contributed by atoms with Crippen LogP contribution in [-0.4, -0.2) is 30.9 Å². The van der Waals surface area contributed by atoms with E-state index in [4.69, 9.17) is 18.5 Å². The summed E-state index contributed by atoms with van der Waals surface area (Å²) in [7, 11) is -0.604. The largest absolute Gasteiger partial charge is 0.532 e. The Kier molecular flexibility index (Phi) is 3.49. The highest BCUT2D eigenvalue weighted by molar-refractivity contribution is 6.60. The molecule has 0 N–H and O–H groups in total. The number of ether oxygens (including phenoxy) is 1. The topological polar surface area (TPSA) is 57.9 Å². The van der Waals surface area contributed by atoms with Crippen LogP contribution in [0.15, 0.2) is 16.5 Å². The van der Waals surface area contributed by atoms with Crippen LogP contribution in [0, 0.1) is 0 Å². The zero-order chi connectivity index (χ0) is 14.3. The highest BCUT2D eigenvalue weighted by Crippen LogP contribution is 2.36. The Bertz CT molecular complexity index is 461. The third-order valence-corrected chi connectivity index (χ3v) is 3.59. The molecule has 0 saturated carbocycles. The lowest BCUT2D eigenvalue weighted by Crippen LogP contribution is -2.41. The molecule has 0 atom stereocenters. The van der Waals surface area contributed by atoms with E-state index < -0.39 is 24.3 Å². The fourth-order valence-electron chi connectivity index (χ4n) is 1.75. The zero-order valence-electron chi connectivity index (χ0n) is 12.0. The van der Waals surface area contributed by atoms with Crippen molar-refractivity contribution in [2.45, 2.75) is 45.8 Å². The van der Waals surface area contributed by atoms with Gasteiger partial charge in [0.1, 0.15) is 5.66 Å². The first-order chi connectivity index (χ1) is 8.77. The maximum absolute atomic E-state index is 11.5. The molecule has 0 unspecified atom stereocenters. The first kappa shape index (κ1) is 14.2. The van der Waals surface area contributed by atoms with Gasteiger partial charge < -0.3 is 18.5 Å². The number of hydrogen-bond donors (Lipinski definition) is 0. The summed E-state index contributed by atoms with van der Waals surface area (Å²) in [5, 5.41) is 0. The lowest BCUT2D eigenvalue weighted by atomic mass is 9.86. The fraction of sp³-hybridized carbons (Fsp3) is 0.615. The molecule has 0 spiro atoms. The molecule has 0 aliphatic carbocycles. The van der Waals surface area contributed by atoms with Gasteiger partial charge in [-0.1, -0.05) is 0 Å². The Morgan fingerprint density at radius 3 is 2.32 bits per heavy atom. The van der Waals surface area contributed by atoms with Crippen molar-refractivity contribution in [3.05, 3.63) is 17.9 Å². The van der Waals surface area contributed by atoms with Crippen LogP contribution in [0.4, 0.5) is 0 Å². The third kappa shape index (κ3) is 2.55. The Morgan fingerprint density at radius 1 is 1.21 bits per heavy atom. The third-order valence-electron chi connectivity index (χ3n) is 3.59. The minimum absolute atomic E-state index is 0.159. The summed E-state index contributed by atoms with van der Waals surface area (Å²) >= 11 is 0. The number of furan rings is 1. The molecule has 6 heteroatoms. The molecule has 19 heavy (non-hydrogen) atoms. The second-order valence-corrected chi connectivity index (χ2v) is 5.51. The normalized spacial score (nSPS) is 20.6. The molecule has 2 rings (SSSR count). The number of carbonyl (C=O) groups is 1. The van der Waals surface area contributed by atoms with Gasteiger partial charge in [0.2, 0.25) is 5.76 Å². The molecule has 0 radical (unpaired) electrons. The summed E-state index contributed by atoms with van der Waals surface area (Å²) in [5.74, 6) is -0.322. The van der Waals surface area contributed by atoms with Gasteiger partial charge in [-0.15, -0.1) is 0 Å². The predicted octanol–water partition coefficient (Wildman–Crippen LogP) is 1.76. The quantitative estimate of drug-likeness (QED) is 0.616. The molecule has 1 fully saturated rings. The summed E-state index contributed by atoms with van der Waals surface area (Å²) in [6.45, 7) is 9.90. The van der Waals surface area contributed by atoms with Crippen LogP contribution in [-0.2, 0) is 14.0 Å². The van der Waals surface area contributed by atoms with E-state index >= 15 is 0 Å². The number of esters is 1. The Labute approximate surface area is 113 Å². The minimum Gasteiger partial charge on any atom is -0.460 e. The van der Waals surface area contributed by atoms with Gasteiger partial charge in [0, 0.05) is 0 Å². The molecule has 0 bridgehead atoms. The van der Waals surface area contributed by atoms with Gasteiger partial charge in [-0.05, 0) is 46.8 Å². The van der Waals surface area contributed by atoms with E-state index in [1.165, 1.54) is 0 Å². The number of rotatable bonds is 3. The number of carbonyl (C=O) groups excluding carboxylic acids is 1. The lowest BCUT2D eigenvalue weighted by molar-refractivity contribution is 0.00578. The van der Waals surface area contributed by atoms with E-state index in [1.54, 1.807) is 19.1 Å². The first-order valence-electron chi connectivity index (χ1n) is 6.39. The van der Waals surface area contributed by atoms with Crippen LogP contribution < -0.4 is 5.66 Å². The van der Waals surface area contributed by atoms with E-state index in [0.717, 1.165) is 0 Å². The SMILES string of the molecule is CCOC(=O)c1ccc(B2OC(C)(C)C(C)(C)O2)o1. The van der Waals surface area contributed by atoms with Gasteiger partial charge in [0.15, 0.2) is 0 Å². The van der Waals surface area contributed by atoms with Crippen molar-refractivity contribution in [2.24, 2.45) is 0 Å². The Morgan fingerprint density at radius 2 is 1.79 bits per heavy atom. The molecule has 0 amide bonds. The standard InChI is InChI=1S/C13H19BO5/c1-6-16-11(15)9-7-8-10(17-9)14-18-12(2,3)13(4,5)19-14/h7-8H,6H2,1-5H3. The van der Waals surface area contributed by atoms with Crippen LogP contribution in [0.1, 0.15) is 45.2 Å². The molecule has 1 aliphatic heterocycles. The van der Waals surface area contributed by atoms with Crippen molar-refractivity contribution in [1.82, 2.24) is 0 Å². The summed E-state index contributed by atoms with van der Waals surface area (Å²) in [5.41, 5.74) is -0.398. The van der Waals surface area contributed by atoms with E-state index in [-0.39, 0.29) is 5.76 Å². The van der Waals surface area contributed by atoms with Crippen LogP contribution in [0.3, 0.4) is 0 Å². The molecular formula is C13H19BO5. The first-order valence-corrected chi connectivity index (χ1v) is 6.39. The van der Waals surface area contributed by atoms with Crippen LogP contribution in [0.2, 0.25) is 0 Å². The molecular weight excluding hydrogens is 247 g/mol. The van der Waals surface area contributed by atoms with E-state index in [2.05, 4.69) is 0 Å². The molecule has 0 aromatic carbocycles. The second kappa shape index (κ2) is 4.69. The van der Waals surface area contributed by atoms with Crippen LogP contribution in [0.25, 0.3) is 0 Å². The number of hydrogen-bond acceptors (Lipinski definition) is 5. The minimum atomic E-state index is -0.604. The van der Waals surface area contributed by atoms with E-state index in [1.807, 2.05) is 27.7 Å². The Balaban J connectivity index is 2.15. The Hall–Kier alpha value is -1.27. The molecule has 1 aromatic heterocycles. The maximum Gasteiger partial charge on any atom is 0.532 e. The molecule has 104 valence electrons. The average Bonchev–Trinajstić information content (AvgIpc) is 2.83. The molecule has 1 aromatic rings. The highest BCUT2D eigenvalue weighted by Gasteiger charge is 2.53. The van der Waals surface area contributed by atoms with Crippen LogP contribution >= 0.6 is 0 Å². The summed E-state index contributed by atoms with van der Waals surface area (Å²) in [6, 6.07) is 3.24. The van der Waals surface area contributed by atoms with Crippen molar-refractivity contribution < 1.29 is 23.3 Å². The van der Waals surface area contributed by atoms with Gasteiger partial charge in [-0.3, -0.25) is 0 Å². The van der Waals surface area contributed by atoms with E-state index in [9.17, 15) is 4.79 Å². The smallest absolute Gasteiger partial charge is 0.460 e. The monoisotopic (exact) mass is 266 g/mol. The van der Waals surface area contributed by atoms with Crippen LogP contribution in [0.5, 0.6) is 0 Å². The lowest BCUT2D eigenvalue weighted by Gasteiger charge is -2.32. The van der Waals surface area contributed by atoms with Gasteiger partial charge in [0.05, 0.1) is 17.8 Å². The van der Waals surface area contributed by atoms with Gasteiger partial charge in [0.25, 0.3) is 0 Å². The molecule has 1 saturated heterocycles. The molecule has 1 aliphatic rings. The molecule has 5 nitrogen and oxygen atoms in total. The maximum atomic E-state index is 11.5. The fourth-order valence-corrected chi connectivity index (χ4v) is 1.75. The van der Waals surface area contributed by atoms with E-state index in [0.29, 0.717) is 12.3 Å². The second-order valence-electron chi connectivity index (χ2n) is 5.51. The van der Waals surface area contributed by atoms with Gasteiger partial charge >= 0.3 is 13.1 Å². The van der Waals surface area contributed by atoms with Crippen molar-refractivity contribution in [2.75, 3.05) is 6.61 Å². The van der Waals surface area contributed by atoms with Gasteiger partial charge in [-0.2, -0.15) is 0 Å². The predicted molar refractivity (Wildman–Crippen MR) is 70.4 cm³/mol. The van der Waals surface area contributed by atoms with Crippen molar-refractivity contribution in [3.8, 4) is 0 Å². The molecule has 2 heterocycles.